The van der Waals surface area contributed by atoms with E-state index in [9.17, 15) is 18.0 Å². The van der Waals surface area contributed by atoms with Gasteiger partial charge in [0.2, 0.25) is 5.91 Å². The van der Waals surface area contributed by atoms with Crippen LogP contribution in [0, 0.1) is 0 Å². The van der Waals surface area contributed by atoms with Crippen LogP contribution in [-0.4, -0.2) is 56.3 Å². The van der Waals surface area contributed by atoms with Crippen molar-refractivity contribution in [1.82, 2.24) is 10.2 Å². The zero-order valence-electron chi connectivity index (χ0n) is 11.8. The second-order valence-electron chi connectivity index (χ2n) is 5.11. The number of carbonyl (C=O) groups excluding carboxylic acids is 2. The first kappa shape index (κ1) is 15.5. The summed E-state index contributed by atoms with van der Waals surface area (Å²) in [5.41, 5.74) is 0.483. The molecule has 2 amide bonds. The van der Waals surface area contributed by atoms with Crippen LogP contribution in [0.5, 0.6) is 0 Å². The molecule has 1 aromatic carbocycles. The van der Waals surface area contributed by atoms with Crippen LogP contribution in [0.4, 0.5) is 0 Å². The number of amides is 2. The number of rotatable bonds is 4. The Kier molecular flexibility index (Phi) is 4.62. The number of nitrogens with zero attached hydrogens (tertiary/aromatic N) is 1. The topological polar surface area (TPSA) is 83.6 Å². The van der Waals surface area contributed by atoms with Gasteiger partial charge >= 0.3 is 0 Å². The van der Waals surface area contributed by atoms with E-state index in [1.807, 2.05) is 0 Å². The molecule has 0 aromatic heterocycles. The summed E-state index contributed by atoms with van der Waals surface area (Å²) in [6.07, 6.45) is 0.456. The Morgan fingerprint density at radius 1 is 1.29 bits per heavy atom. The molecule has 1 aliphatic rings. The molecule has 1 N–H and O–H groups in total. The highest BCUT2D eigenvalue weighted by Gasteiger charge is 2.32. The molecule has 1 fully saturated rings. The Balaban J connectivity index is 1.86. The van der Waals surface area contributed by atoms with Gasteiger partial charge in [0.05, 0.1) is 18.1 Å². The smallest absolute Gasteiger partial charge is 0.251 e. The van der Waals surface area contributed by atoms with Crippen LogP contribution in [0.25, 0.3) is 0 Å². The van der Waals surface area contributed by atoms with Gasteiger partial charge in [-0.1, -0.05) is 18.2 Å². The Morgan fingerprint density at radius 3 is 2.52 bits per heavy atom. The van der Waals surface area contributed by atoms with Gasteiger partial charge in [-0.3, -0.25) is 9.59 Å². The lowest BCUT2D eigenvalue weighted by atomic mass is 10.2. The third kappa shape index (κ3) is 4.04. The highest BCUT2D eigenvalue weighted by molar-refractivity contribution is 7.91. The largest absolute Gasteiger partial charge is 0.343 e. The van der Waals surface area contributed by atoms with Gasteiger partial charge in [-0.15, -0.1) is 0 Å². The fourth-order valence-electron chi connectivity index (χ4n) is 2.26. The molecular weight excluding hydrogens is 292 g/mol. The van der Waals surface area contributed by atoms with Gasteiger partial charge in [0.15, 0.2) is 9.84 Å². The fourth-order valence-corrected chi connectivity index (χ4v) is 4.03. The lowest BCUT2D eigenvalue weighted by molar-refractivity contribution is -0.130. The van der Waals surface area contributed by atoms with Crippen molar-refractivity contribution in [3.63, 3.8) is 0 Å². The molecule has 21 heavy (non-hydrogen) atoms. The zero-order valence-corrected chi connectivity index (χ0v) is 12.6. The van der Waals surface area contributed by atoms with E-state index >= 15 is 0 Å². The molecule has 7 heteroatoms. The molecule has 6 nitrogen and oxygen atoms in total. The predicted molar refractivity (Wildman–Crippen MR) is 78.6 cm³/mol. The molecule has 114 valence electrons. The van der Waals surface area contributed by atoms with Crippen molar-refractivity contribution in [2.45, 2.75) is 12.5 Å². The molecule has 1 aromatic rings. The first-order valence-electron chi connectivity index (χ1n) is 6.68. The standard InChI is InChI=1S/C14H18N2O4S/c1-16(12-7-8-21(19,20)10-12)13(17)9-15-14(18)11-5-3-2-4-6-11/h2-6,12H,7-10H2,1H3,(H,15,18). The lowest BCUT2D eigenvalue weighted by Crippen LogP contribution is -2.43. The molecule has 1 saturated heterocycles. The van der Waals surface area contributed by atoms with Crippen molar-refractivity contribution >= 4 is 21.7 Å². The number of likely N-dealkylation sites (N-methyl/N-ethyl adjacent to an activating group) is 1. The van der Waals surface area contributed by atoms with Gasteiger partial charge in [-0.05, 0) is 18.6 Å². The van der Waals surface area contributed by atoms with Crippen LogP contribution in [0.15, 0.2) is 30.3 Å². The van der Waals surface area contributed by atoms with E-state index in [-0.39, 0.29) is 35.9 Å². The summed E-state index contributed by atoms with van der Waals surface area (Å²) in [6.45, 7) is -0.138. The minimum Gasteiger partial charge on any atom is -0.343 e. The van der Waals surface area contributed by atoms with Crippen LogP contribution in [0.1, 0.15) is 16.8 Å². The molecule has 1 aliphatic heterocycles. The Labute approximate surface area is 124 Å². The van der Waals surface area contributed by atoms with Crippen LogP contribution in [0.3, 0.4) is 0 Å². The Morgan fingerprint density at radius 2 is 1.95 bits per heavy atom. The van der Waals surface area contributed by atoms with E-state index in [1.165, 1.54) is 4.90 Å². The van der Waals surface area contributed by atoms with Gasteiger partial charge in [-0.25, -0.2) is 8.42 Å². The molecule has 1 atom stereocenters. The third-order valence-corrected chi connectivity index (χ3v) is 5.34. The summed E-state index contributed by atoms with van der Waals surface area (Å²) in [5, 5.41) is 2.54. The molecule has 2 rings (SSSR count). The monoisotopic (exact) mass is 310 g/mol. The predicted octanol–water partition coefficient (Wildman–Crippen LogP) is 0.0619. The summed E-state index contributed by atoms with van der Waals surface area (Å²) in [6, 6.07) is 8.31. The molecule has 0 radical (unpaired) electrons. The van der Waals surface area contributed by atoms with E-state index < -0.39 is 9.84 Å². The third-order valence-electron chi connectivity index (χ3n) is 3.59. The molecule has 1 heterocycles. The molecule has 0 bridgehead atoms. The van der Waals surface area contributed by atoms with E-state index in [0.29, 0.717) is 12.0 Å². The minimum atomic E-state index is -3.03. The first-order valence-corrected chi connectivity index (χ1v) is 8.50. The second-order valence-corrected chi connectivity index (χ2v) is 7.34. The van der Waals surface area contributed by atoms with Gasteiger partial charge in [0.1, 0.15) is 0 Å². The molecule has 0 saturated carbocycles. The van der Waals surface area contributed by atoms with Crippen molar-refractivity contribution in [3.8, 4) is 0 Å². The number of nitrogens with one attached hydrogen (secondary N) is 1. The van der Waals surface area contributed by atoms with E-state index in [0.717, 1.165) is 0 Å². The van der Waals surface area contributed by atoms with E-state index in [2.05, 4.69) is 5.32 Å². The van der Waals surface area contributed by atoms with E-state index in [1.54, 1.807) is 37.4 Å². The summed E-state index contributed by atoms with van der Waals surface area (Å²) >= 11 is 0. The Hall–Kier alpha value is -1.89. The zero-order chi connectivity index (χ0) is 15.5. The molecule has 1 unspecified atom stereocenters. The molecular formula is C14H18N2O4S. The second kappa shape index (κ2) is 6.26. The highest BCUT2D eigenvalue weighted by atomic mass is 32.2. The van der Waals surface area contributed by atoms with Gasteiger partial charge < -0.3 is 10.2 Å². The molecule has 0 aliphatic carbocycles. The fraction of sp³-hybridized carbons (Fsp3) is 0.429. The van der Waals surface area contributed by atoms with Gasteiger partial charge in [-0.2, -0.15) is 0 Å². The van der Waals surface area contributed by atoms with Gasteiger partial charge in [0.25, 0.3) is 5.91 Å². The quantitative estimate of drug-likeness (QED) is 0.852. The van der Waals surface area contributed by atoms with Crippen molar-refractivity contribution in [1.29, 1.82) is 0 Å². The van der Waals surface area contributed by atoms with Gasteiger partial charge in [0, 0.05) is 18.7 Å². The maximum absolute atomic E-state index is 12.0. The average Bonchev–Trinajstić information content (AvgIpc) is 2.84. The van der Waals surface area contributed by atoms with Crippen molar-refractivity contribution in [2.24, 2.45) is 0 Å². The SMILES string of the molecule is CN(C(=O)CNC(=O)c1ccccc1)C1CCS(=O)(=O)C1. The number of hydrogen-bond acceptors (Lipinski definition) is 4. The van der Waals surface area contributed by atoms with Crippen molar-refractivity contribution in [3.05, 3.63) is 35.9 Å². The molecule has 0 spiro atoms. The number of sulfone groups is 1. The maximum Gasteiger partial charge on any atom is 0.251 e. The lowest BCUT2D eigenvalue weighted by Gasteiger charge is -2.23. The van der Waals surface area contributed by atoms with Crippen LogP contribution < -0.4 is 5.32 Å². The van der Waals surface area contributed by atoms with Crippen molar-refractivity contribution in [2.75, 3.05) is 25.1 Å². The average molecular weight is 310 g/mol. The summed E-state index contributed by atoms with van der Waals surface area (Å²) in [7, 11) is -1.46. The Bertz CT molecular complexity index is 628. The summed E-state index contributed by atoms with van der Waals surface area (Å²) in [4.78, 5) is 25.2. The van der Waals surface area contributed by atoms with Crippen LogP contribution in [0.2, 0.25) is 0 Å². The van der Waals surface area contributed by atoms with E-state index in [4.69, 9.17) is 0 Å². The first-order chi connectivity index (χ1) is 9.89. The normalized spacial score (nSPS) is 20.0. The minimum absolute atomic E-state index is 0.00186. The summed E-state index contributed by atoms with van der Waals surface area (Å²) < 4.78 is 22.8. The highest BCUT2D eigenvalue weighted by Crippen LogP contribution is 2.16. The maximum atomic E-state index is 12.0. The number of carbonyl (C=O) groups is 2. The number of benzene rings is 1. The van der Waals surface area contributed by atoms with Crippen LogP contribution in [-0.2, 0) is 14.6 Å². The van der Waals surface area contributed by atoms with Crippen molar-refractivity contribution < 1.29 is 18.0 Å². The number of hydrogen-bond donors (Lipinski definition) is 1. The summed E-state index contributed by atoms with van der Waals surface area (Å²) in [5.74, 6) is -0.495. The van der Waals surface area contributed by atoms with Crippen LogP contribution >= 0.6 is 0 Å².